The standard InChI is InChI=1S/C26H27F3O2/c1-2-25(30)31-16-8-4-3-5-9-19-12-13-21-18-22(15-14-20(21)17-19)23-10-6-7-11-24(23)26(27,28)29/h2,6-7,10-13,17-18H,1,3-5,8-9,14-16H2. The fourth-order valence-electron chi connectivity index (χ4n) is 3.94. The zero-order valence-electron chi connectivity index (χ0n) is 17.5. The smallest absolute Gasteiger partial charge is 0.416 e. The lowest BCUT2D eigenvalue weighted by molar-refractivity contribution is -0.138. The number of unbranched alkanes of at least 4 members (excludes halogenated alkanes) is 3. The molecule has 2 nitrogen and oxygen atoms in total. The number of hydrogen-bond donors (Lipinski definition) is 0. The Labute approximate surface area is 181 Å². The van der Waals surface area contributed by atoms with Crippen LogP contribution in [0.4, 0.5) is 13.2 Å². The van der Waals surface area contributed by atoms with Crippen LogP contribution in [0, 0.1) is 0 Å². The van der Waals surface area contributed by atoms with Gasteiger partial charge in [0.05, 0.1) is 12.2 Å². The van der Waals surface area contributed by atoms with Crippen LogP contribution in [0.3, 0.4) is 0 Å². The van der Waals surface area contributed by atoms with Crippen LogP contribution >= 0.6 is 0 Å². The summed E-state index contributed by atoms with van der Waals surface area (Å²) in [4.78, 5) is 11.0. The lowest BCUT2D eigenvalue weighted by Gasteiger charge is -2.20. The molecule has 0 saturated heterocycles. The van der Waals surface area contributed by atoms with Crippen molar-refractivity contribution in [3.63, 3.8) is 0 Å². The molecule has 0 heterocycles. The van der Waals surface area contributed by atoms with Crippen LogP contribution in [-0.2, 0) is 28.5 Å². The van der Waals surface area contributed by atoms with Crippen molar-refractivity contribution < 1.29 is 22.7 Å². The van der Waals surface area contributed by atoms with Crippen molar-refractivity contribution in [1.82, 2.24) is 0 Å². The topological polar surface area (TPSA) is 26.3 Å². The maximum absolute atomic E-state index is 13.4. The van der Waals surface area contributed by atoms with E-state index in [2.05, 4.69) is 18.7 Å². The van der Waals surface area contributed by atoms with Gasteiger partial charge in [0.25, 0.3) is 0 Å². The predicted molar refractivity (Wildman–Crippen MR) is 117 cm³/mol. The fraction of sp³-hybridized carbons (Fsp3) is 0.346. The zero-order valence-corrected chi connectivity index (χ0v) is 17.5. The SMILES string of the molecule is C=CC(=O)OCCCCCCc1ccc2c(c1)CCC(c1ccccc1C(F)(F)F)=C2. The molecule has 2 aromatic rings. The van der Waals surface area contributed by atoms with Crippen LogP contribution in [0.1, 0.15) is 59.9 Å². The Hall–Kier alpha value is -2.82. The van der Waals surface area contributed by atoms with Crippen LogP contribution in [0.5, 0.6) is 0 Å². The van der Waals surface area contributed by atoms with Gasteiger partial charge in [0.2, 0.25) is 0 Å². The monoisotopic (exact) mass is 428 g/mol. The molecule has 31 heavy (non-hydrogen) atoms. The Morgan fingerprint density at radius 1 is 1.03 bits per heavy atom. The summed E-state index contributed by atoms with van der Waals surface area (Å²) >= 11 is 0. The largest absolute Gasteiger partial charge is 0.463 e. The van der Waals surface area contributed by atoms with E-state index in [4.69, 9.17) is 4.74 Å². The van der Waals surface area contributed by atoms with Gasteiger partial charge in [0.1, 0.15) is 0 Å². The first-order valence-electron chi connectivity index (χ1n) is 10.7. The number of carbonyl (C=O) groups is 1. The summed E-state index contributed by atoms with van der Waals surface area (Å²) in [6, 6.07) is 12.1. The van der Waals surface area contributed by atoms with Crippen molar-refractivity contribution >= 4 is 17.6 Å². The minimum atomic E-state index is -4.35. The summed E-state index contributed by atoms with van der Waals surface area (Å²) in [5, 5.41) is 0. The Morgan fingerprint density at radius 3 is 2.58 bits per heavy atom. The van der Waals surface area contributed by atoms with Gasteiger partial charge in [0, 0.05) is 6.08 Å². The molecule has 0 aliphatic heterocycles. The van der Waals surface area contributed by atoms with Crippen molar-refractivity contribution in [2.24, 2.45) is 0 Å². The molecule has 0 N–H and O–H groups in total. The molecule has 0 spiro atoms. The number of hydrogen-bond acceptors (Lipinski definition) is 2. The molecule has 1 aliphatic rings. The van der Waals surface area contributed by atoms with Gasteiger partial charge >= 0.3 is 12.1 Å². The maximum atomic E-state index is 13.4. The molecule has 0 fully saturated rings. The number of benzene rings is 2. The first kappa shape index (κ1) is 22.9. The van der Waals surface area contributed by atoms with Gasteiger partial charge in [-0.05, 0) is 66.0 Å². The molecule has 0 saturated carbocycles. The average molecular weight is 428 g/mol. The minimum Gasteiger partial charge on any atom is -0.463 e. The molecule has 3 rings (SSSR count). The highest BCUT2D eigenvalue weighted by atomic mass is 19.4. The minimum absolute atomic E-state index is 0.281. The van der Waals surface area contributed by atoms with Gasteiger partial charge in [-0.25, -0.2) is 4.79 Å². The summed E-state index contributed by atoms with van der Waals surface area (Å²) in [6.45, 7) is 3.79. The van der Waals surface area contributed by atoms with E-state index >= 15 is 0 Å². The molecule has 164 valence electrons. The number of allylic oxidation sites excluding steroid dienone is 1. The van der Waals surface area contributed by atoms with E-state index in [1.807, 2.05) is 12.1 Å². The third kappa shape index (κ3) is 6.33. The number of halogens is 3. The highest BCUT2D eigenvalue weighted by Crippen LogP contribution is 2.39. The highest BCUT2D eigenvalue weighted by molar-refractivity contribution is 5.85. The number of carbonyl (C=O) groups excluding carboxylic acids is 1. The van der Waals surface area contributed by atoms with Crippen molar-refractivity contribution in [2.75, 3.05) is 6.61 Å². The van der Waals surface area contributed by atoms with Gasteiger partial charge in [-0.3, -0.25) is 0 Å². The van der Waals surface area contributed by atoms with E-state index in [0.717, 1.165) is 55.7 Å². The van der Waals surface area contributed by atoms with Gasteiger partial charge in [-0.1, -0.05) is 61.9 Å². The first-order chi connectivity index (χ1) is 14.9. The van der Waals surface area contributed by atoms with E-state index in [1.54, 1.807) is 12.1 Å². The molecule has 1 aliphatic carbocycles. The van der Waals surface area contributed by atoms with Crippen LogP contribution in [-0.4, -0.2) is 12.6 Å². The Kier molecular flexibility index (Phi) is 7.72. The second-order valence-corrected chi connectivity index (χ2v) is 7.78. The lowest BCUT2D eigenvalue weighted by Crippen LogP contribution is -2.10. The molecule has 0 amide bonds. The molecule has 0 radical (unpaired) electrons. The second kappa shape index (κ2) is 10.5. The van der Waals surface area contributed by atoms with Gasteiger partial charge in [0.15, 0.2) is 0 Å². The molecule has 2 aromatic carbocycles. The molecular weight excluding hydrogens is 401 g/mol. The number of alkyl halides is 3. The highest BCUT2D eigenvalue weighted by Gasteiger charge is 2.34. The first-order valence-corrected chi connectivity index (χ1v) is 10.7. The summed E-state index contributed by atoms with van der Waals surface area (Å²) in [5.74, 6) is -0.381. The third-order valence-corrected chi connectivity index (χ3v) is 5.55. The van der Waals surface area contributed by atoms with Gasteiger partial charge in [-0.2, -0.15) is 13.2 Å². The molecule has 0 atom stereocenters. The summed E-state index contributed by atoms with van der Waals surface area (Å²) < 4.78 is 45.1. The quantitative estimate of drug-likeness (QED) is 0.244. The number of aryl methyl sites for hydroxylation is 2. The van der Waals surface area contributed by atoms with Crippen molar-refractivity contribution in [3.8, 4) is 0 Å². The normalized spacial score (nSPS) is 13.3. The molecule has 0 aromatic heterocycles. The molecule has 0 bridgehead atoms. The van der Waals surface area contributed by atoms with E-state index in [-0.39, 0.29) is 11.5 Å². The number of ether oxygens (including phenoxy) is 1. The van der Waals surface area contributed by atoms with E-state index < -0.39 is 11.7 Å². The molecule has 0 unspecified atom stereocenters. The van der Waals surface area contributed by atoms with Crippen molar-refractivity contribution in [3.05, 3.63) is 82.9 Å². The third-order valence-electron chi connectivity index (χ3n) is 5.55. The fourth-order valence-corrected chi connectivity index (χ4v) is 3.94. The van der Waals surface area contributed by atoms with Gasteiger partial charge < -0.3 is 4.74 Å². The Bertz CT molecular complexity index is 957. The zero-order chi connectivity index (χ0) is 22.3. The maximum Gasteiger partial charge on any atom is 0.416 e. The van der Waals surface area contributed by atoms with Crippen LogP contribution in [0.2, 0.25) is 0 Å². The summed E-state index contributed by atoms with van der Waals surface area (Å²) in [5.41, 5.74) is 3.91. The second-order valence-electron chi connectivity index (χ2n) is 7.78. The van der Waals surface area contributed by atoms with E-state index in [1.165, 1.54) is 23.3 Å². The van der Waals surface area contributed by atoms with Crippen molar-refractivity contribution in [1.29, 1.82) is 0 Å². The van der Waals surface area contributed by atoms with Crippen LogP contribution in [0.25, 0.3) is 11.6 Å². The van der Waals surface area contributed by atoms with Crippen LogP contribution < -0.4 is 0 Å². The van der Waals surface area contributed by atoms with Crippen molar-refractivity contribution in [2.45, 2.75) is 51.1 Å². The van der Waals surface area contributed by atoms with E-state index in [9.17, 15) is 18.0 Å². The predicted octanol–water partition coefficient (Wildman–Crippen LogP) is 7.02. The summed E-state index contributed by atoms with van der Waals surface area (Å²) in [6.07, 6.45) is 4.98. The van der Waals surface area contributed by atoms with E-state index in [0.29, 0.717) is 13.0 Å². The van der Waals surface area contributed by atoms with Gasteiger partial charge in [-0.15, -0.1) is 0 Å². The Morgan fingerprint density at radius 2 is 1.81 bits per heavy atom. The Balaban J connectivity index is 1.57. The lowest BCUT2D eigenvalue weighted by atomic mass is 9.85. The number of rotatable bonds is 9. The molecule has 5 heteroatoms. The molecular formula is C26H27F3O2. The average Bonchev–Trinajstić information content (AvgIpc) is 2.77. The van der Waals surface area contributed by atoms with Crippen LogP contribution in [0.15, 0.2) is 55.1 Å². The number of esters is 1. The number of fused-ring (bicyclic) bond motifs is 1. The summed E-state index contributed by atoms with van der Waals surface area (Å²) in [7, 11) is 0.